The molecule has 0 spiro atoms. The third kappa shape index (κ3) is 0.793. The van der Waals surface area contributed by atoms with Crippen molar-refractivity contribution in [3.8, 4) is 0 Å². The molecule has 10 heavy (non-hydrogen) atoms. The SMILES string of the molecule is CN1Cc2[nH]nc(Br)c2C1. The van der Waals surface area contributed by atoms with Gasteiger partial charge in [-0.2, -0.15) is 5.10 Å². The maximum absolute atomic E-state index is 4.04. The number of aromatic nitrogens is 2. The van der Waals surface area contributed by atoms with Crippen LogP contribution in [0.25, 0.3) is 0 Å². The zero-order valence-electron chi connectivity index (χ0n) is 5.69. The van der Waals surface area contributed by atoms with Gasteiger partial charge >= 0.3 is 0 Å². The van der Waals surface area contributed by atoms with Gasteiger partial charge < -0.3 is 0 Å². The first-order valence-electron chi connectivity index (χ1n) is 3.17. The molecule has 54 valence electrons. The monoisotopic (exact) mass is 201 g/mol. The average Bonchev–Trinajstić information content (AvgIpc) is 2.35. The Kier molecular flexibility index (Phi) is 1.32. The number of H-pyrrole nitrogens is 1. The molecule has 0 aromatic carbocycles. The lowest BCUT2D eigenvalue weighted by molar-refractivity contribution is 0.348. The molecule has 1 aliphatic rings. The van der Waals surface area contributed by atoms with Crippen LogP contribution in [0, 0.1) is 0 Å². The highest BCUT2D eigenvalue weighted by Gasteiger charge is 2.20. The lowest BCUT2D eigenvalue weighted by Crippen LogP contribution is -2.08. The predicted molar refractivity (Wildman–Crippen MR) is 41.5 cm³/mol. The Morgan fingerprint density at radius 3 is 3.10 bits per heavy atom. The van der Waals surface area contributed by atoms with E-state index in [4.69, 9.17) is 0 Å². The third-order valence-electron chi connectivity index (χ3n) is 1.76. The second kappa shape index (κ2) is 2.07. The summed E-state index contributed by atoms with van der Waals surface area (Å²) in [5.74, 6) is 0. The van der Waals surface area contributed by atoms with Crippen LogP contribution < -0.4 is 0 Å². The van der Waals surface area contributed by atoms with E-state index < -0.39 is 0 Å². The fraction of sp³-hybridized carbons (Fsp3) is 0.500. The molecule has 1 aliphatic heterocycles. The molecule has 0 saturated carbocycles. The molecule has 1 N–H and O–H groups in total. The molecular weight excluding hydrogens is 194 g/mol. The van der Waals surface area contributed by atoms with Gasteiger partial charge in [-0.05, 0) is 23.0 Å². The minimum Gasteiger partial charge on any atom is -0.296 e. The summed E-state index contributed by atoms with van der Waals surface area (Å²) in [4.78, 5) is 2.24. The van der Waals surface area contributed by atoms with Gasteiger partial charge in [0.1, 0.15) is 4.60 Å². The van der Waals surface area contributed by atoms with Crippen molar-refractivity contribution >= 4 is 15.9 Å². The minimum atomic E-state index is 0.965. The number of hydrogen-bond acceptors (Lipinski definition) is 2. The van der Waals surface area contributed by atoms with Crippen LogP contribution in [0.5, 0.6) is 0 Å². The van der Waals surface area contributed by atoms with Crippen molar-refractivity contribution < 1.29 is 0 Å². The zero-order valence-corrected chi connectivity index (χ0v) is 7.27. The van der Waals surface area contributed by atoms with E-state index in [1.165, 1.54) is 11.3 Å². The van der Waals surface area contributed by atoms with Crippen molar-refractivity contribution in [2.24, 2.45) is 0 Å². The van der Waals surface area contributed by atoms with Crippen molar-refractivity contribution in [1.29, 1.82) is 0 Å². The Hall–Kier alpha value is -0.350. The van der Waals surface area contributed by atoms with Crippen LogP contribution in [-0.4, -0.2) is 22.1 Å². The second-order valence-corrected chi connectivity index (χ2v) is 3.39. The highest BCUT2D eigenvalue weighted by atomic mass is 79.9. The first kappa shape index (κ1) is 6.37. The Bertz CT molecular complexity index is 255. The summed E-state index contributed by atoms with van der Waals surface area (Å²) in [6, 6.07) is 0. The number of rotatable bonds is 0. The molecule has 0 amide bonds. The van der Waals surface area contributed by atoms with Crippen LogP contribution in [0.15, 0.2) is 4.60 Å². The number of nitrogens with zero attached hydrogens (tertiary/aromatic N) is 2. The average molecular weight is 202 g/mol. The van der Waals surface area contributed by atoms with Crippen LogP contribution in [0.3, 0.4) is 0 Å². The molecule has 0 fully saturated rings. The zero-order chi connectivity index (χ0) is 7.14. The fourth-order valence-electron chi connectivity index (χ4n) is 1.26. The third-order valence-corrected chi connectivity index (χ3v) is 2.41. The second-order valence-electron chi connectivity index (χ2n) is 2.64. The Morgan fingerprint density at radius 2 is 2.40 bits per heavy atom. The number of fused-ring (bicyclic) bond motifs is 1. The lowest BCUT2D eigenvalue weighted by atomic mass is 10.3. The van der Waals surface area contributed by atoms with Gasteiger partial charge in [0.2, 0.25) is 0 Å². The highest BCUT2D eigenvalue weighted by molar-refractivity contribution is 9.10. The maximum atomic E-state index is 4.04. The summed E-state index contributed by atoms with van der Waals surface area (Å²) in [6.07, 6.45) is 0. The first-order valence-corrected chi connectivity index (χ1v) is 3.97. The fourth-order valence-corrected chi connectivity index (χ4v) is 1.72. The van der Waals surface area contributed by atoms with E-state index in [9.17, 15) is 0 Å². The minimum absolute atomic E-state index is 0.965. The molecule has 1 aromatic rings. The van der Waals surface area contributed by atoms with Crippen LogP contribution in [0.4, 0.5) is 0 Å². The number of hydrogen-bond donors (Lipinski definition) is 1. The van der Waals surface area contributed by atoms with E-state index in [1.807, 2.05) is 0 Å². The van der Waals surface area contributed by atoms with Crippen LogP contribution in [0.2, 0.25) is 0 Å². The summed E-state index contributed by atoms with van der Waals surface area (Å²) in [7, 11) is 2.10. The predicted octanol–water partition coefficient (Wildman–Crippen LogP) is 1.12. The molecule has 0 aliphatic carbocycles. The number of halogens is 1. The van der Waals surface area contributed by atoms with E-state index >= 15 is 0 Å². The van der Waals surface area contributed by atoms with Gasteiger partial charge in [-0.1, -0.05) is 0 Å². The largest absolute Gasteiger partial charge is 0.296 e. The molecular formula is C6H8BrN3. The Morgan fingerprint density at radius 1 is 1.60 bits per heavy atom. The lowest BCUT2D eigenvalue weighted by Gasteiger charge is -2.03. The van der Waals surface area contributed by atoms with Crippen molar-refractivity contribution in [1.82, 2.24) is 15.1 Å². The van der Waals surface area contributed by atoms with Crippen LogP contribution in [0.1, 0.15) is 11.3 Å². The van der Waals surface area contributed by atoms with Gasteiger partial charge in [0.15, 0.2) is 0 Å². The van der Waals surface area contributed by atoms with Crippen molar-refractivity contribution in [3.05, 3.63) is 15.9 Å². The molecule has 0 atom stereocenters. The van der Waals surface area contributed by atoms with Gasteiger partial charge in [0, 0.05) is 18.7 Å². The smallest absolute Gasteiger partial charge is 0.132 e. The first-order chi connectivity index (χ1) is 4.77. The van der Waals surface area contributed by atoms with Gasteiger partial charge in [-0.15, -0.1) is 0 Å². The summed E-state index contributed by atoms with van der Waals surface area (Å²) >= 11 is 3.38. The summed E-state index contributed by atoms with van der Waals surface area (Å²) < 4.78 is 0.965. The molecule has 0 radical (unpaired) electrons. The van der Waals surface area contributed by atoms with E-state index in [1.54, 1.807) is 0 Å². The molecule has 3 nitrogen and oxygen atoms in total. The van der Waals surface area contributed by atoms with Gasteiger partial charge in [0.05, 0.1) is 5.69 Å². The van der Waals surface area contributed by atoms with Crippen molar-refractivity contribution in [3.63, 3.8) is 0 Å². The quantitative estimate of drug-likeness (QED) is 0.683. The highest BCUT2D eigenvalue weighted by Crippen LogP contribution is 2.25. The summed E-state index contributed by atoms with van der Waals surface area (Å²) in [5.41, 5.74) is 2.55. The molecule has 2 heterocycles. The van der Waals surface area contributed by atoms with Crippen LogP contribution >= 0.6 is 15.9 Å². The normalized spacial score (nSPS) is 17.8. The van der Waals surface area contributed by atoms with E-state index in [0.29, 0.717) is 0 Å². The summed E-state index contributed by atoms with van der Waals surface area (Å²) in [5, 5.41) is 7.02. The molecule has 4 heteroatoms. The van der Waals surface area contributed by atoms with Gasteiger partial charge in [-0.3, -0.25) is 10.00 Å². The maximum Gasteiger partial charge on any atom is 0.132 e. The number of nitrogens with one attached hydrogen (secondary N) is 1. The molecule has 2 rings (SSSR count). The van der Waals surface area contributed by atoms with Crippen LogP contribution in [-0.2, 0) is 13.1 Å². The molecule has 0 bridgehead atoms. The van der Waals surface area contributed by atoms with E-state index in [-0.39, 0.29) is 0 Å². The summed E-state index contributed by atoms with van der Waals surface area (Å²) in [6.45, 7) is 2.00. The topological polar surface area (TPSA) is 31.9 Å². The molecule has 1 aromatic heterocycles. The van der Waals surface area contributed by atoms with Gasteiger partial charge in [0.25, 0.3) is 0 Å². The molecule has 0 unspecified atom stereocenters. The van der Waals surface area contributed by atoms with E-state index in [0.717, 1.165) is 17.7 Å². The Labute approximate surface area is 67.5 Å². The van der Waals surface area contributed by atoms with Gasteiger partial charge in [-0.25, -0.2) is 0 Å². The van der Waals surface area contributed by atoms with E-state index in [2.05, 4.69) is 38.1 Å². The standard InChI is InChI=1S/C6H8BrN3/c1-10-2-4-5(3-10)8-9-6(4)7/h2-3H2,1H3,(H,8,9). The van der Waals surface area contributed by atoms with Crippen molar-refractivity contribution in [2.75, 3.05) is 7.05 Å². The van der Waals surface area contributed by atoms with Crippen molar-refractivity contribution in [2.45, 2.75) is 13.1 Å². The molecule has 0 saturated heterocycles. The number of aromatic amines is 1. The Balaban J connectivity index is 2.44.